The third-order valence-corrected chi connectivity index (χ3v) is 5.75. The van der Waals surface area contributed by atoms with E-state index in [0.29, 0.717) is 11.8 Å². The smallest absolute Gasteiger partial charge is 0.0722 e. The van der Waals surface area contributed by atoms with E-state index in [2.05, 4.69) is 27.7 Å². The molecule has 0 aromatic carbocycles. The molecule has 2 saturated carbocycles. The van der Waals surface area contributed by atoms with E-state index in [0.717, 1.165) is 12.8 Å². The summed E-state index contributed by atoms with van der Waals surface area (Å²) in [6.45, 7) is 8.95. The average Bonchev–Trinajstić information content (AvgIpc) is 2.13. The molecule has 2 fully saturated rings. The SMILES string of the molecule is C[C@@H]1CC[C@H]2C(C)(C)C[C@@H](Cl)[C@H](C)[C@]2(O)C1. The second-order valence-electron chi connectivity index (χ2n) is 6.93. The predicted octanol–water partition coefficient (Wildman–Crippen LogP) is 3.83. The topological polar surface area (TPSA) is 20.2 Å². The van der Waals surface area contributed by atoms with Gasteiger partial charge in [-0.1, -0.05) is 34.1 Å². The molecule has 0 heterocycles. The zero-order valence-corrected chi connectivity index (χ0v) is 11.7. The molecule has 2 rings (SSSR count). The maximum atomic E-state index is 11.1. The van der Waals surface area contributed by atoms with Crippen molar-refractivity contribution in [2.45, 2.75) is 64.4 Å². The van der Waals surface area contributed by atoms with Crippen LogP contribution in [0.4, 0.5) is 0 Å². The van der Waals surface area contributed by atoms with E-state index in [1.807, 2.05) is 0 Å². The molecule has 2 heteroatoms. The Labute approximate surface area is 105 Å². The summed E-state index contributed by atoms with van der Waals surface area (Å²) in [6, 6.07) is 0. The first kappa shape index (κ1) is 12.7. The molecule has 0 aromatic rings. The second kappa shape index (κ2) is 3.88. The highest BCUT2D eigenvalue weighted by atomic mass is 35.5. The average molecular weight is 245 g/mol. The monoisotopic (exact) mass is 244 g/mol. The Morgan fingerprint density at radius 3 is 2.38 bits per heavy atom. The Bertz CT molecular complexity index is 276. The summed E-state index contributed by atoms with van der Waals surface area (Å²) < 4.78 is 0. The number of alkyl halides is 1. The number of fused-ring (bicyclic) bond motifs is 1. The number of halogens is 1. The van der Waals surface area contributed by atoms with Gasteiger partial charge in [0.05, 0.1) is 5.60 Å². The number of rotatable bonds is 0. The quantitative estimate of drug-likeness (QED) is 0.643. The highest BCUT2D eigenvalue weighted by molar-refractivity contribution is 6.21. The first-order valence-corrected chi connectivity index (χ1v) is 7.07. The van der Waals surface area contributed by atoms with E-state index >= 15 is 0 Å². The van der Waals surface area contributed by atoms with Crippen molar-refractivity contribution in [1.29, 1.82) is 0 Å². The fourth-order valence-electron chi connectivity index (χ4n) is 4.21. The summed E-state index contributed by atoms with van der Waals surface area (Å²) in [5, 5.41) is 11.2. The van der Waals surface area contributed by atoms with Crippen molar-refractivity contribution < 1.29 is 5.11 Å². The highest BCUT2D eigenvalue weighted by Gasteiger charge is 2.56. The predicted molar refractivity (Wildman–Crippen MR) is 68.7 cm³/mol. The van der Waals surface area contributed by atoms with Gasteiger partial charge < -0.3 is 5.11 Å². The Hall–Kier alpha value is 0.250. The Kier molecular flexibility index (Phi) is 3.08. The van der Waals surface area contributed by atoms with Crippen molar-refractivity contribution in [1.82, 2.24) is 0 Å². The molecule has 2 aliphatic carbocycles. The van der Waals surface area contributed by atoms with E-state index in [4.69, 9.17) is 11.6 Å². The normalized spacial score (nSPS) is 52.1. The summed E-state index contributed by atoms with van der Waals surface area (Å²) in [5.41, 5.74) is -0.334. The van der Waals surface area contributed by atoms with Crippen molar-refractivity contribution in [2.75, 3.05) is 0 Å². The molecule has 0 aliphatic heterocycles. The van der Waals surface area contributed by atoms with Gasteiger partial charge >= 0.3 is 0 Å². The van der Waals surface area contributed by atoms with Crippen LogP contribution in [0.15, 0.2) is 0 Å². The van der Waals surface area contributed by atoms with E-state index in [1.165, 1.54) is 12.8 Å². The summed E-state index contributed by atoms with van der Waals surface area (Å²) in [4.78, 5) is 0. The molecule has 0 spiro atoms. The molecule has 0 bridgehead atoms. The van der Waals surface area contributed by atoms with Crippen LogP contribution in [0.3, 0.4) is 0 Å². The van der Waals surface area contributed by atoms with Gasteiger partial charge in [-0.25, -0.2) is 0 Å². The summed E-state index contributed by atoms with van der Waals surface area (Å²) in [5.74, 6) is 1.30. The van der Waals surface area contributed by atoms with Crippen LogP contribution < -0.4 is 0 Å². The van der Waals surface area contributed by atoms with E-state index in [9.17, 15) is 5.11 Å². The Morgan fingerprint density at radius 1 is 1.12 bits per heavy atom. The van der Waals surface area contributed by atoms with Gasteiger partial charge in [-0.05, 0) is 36.5 Å². The van der Waals surface area contributed by atoms with Gasteiger partial charge in [-0.3, -0.25) is 0 Å². The molecule has 0 saturated heterocycles. The van der Waals surface area contributed by atoms with Crippen LogP contribution in [0.5, 0.6) is 0 Å². The van der Waals surface area contributed by atoms with Crippen LogP contribution in [0.2, 0.25) is 0 Å². The fourth-order valence-corrected chi connectivity index (χ4v) is 4.82. The standard InChI is InChI=1S/C14H25ClO/c1-9-5-6-12-13(3,4)8-11(15)10(2)14(12,16)7-9/h9-12,16H,5-8H2,1-4H3/t9-,10+,11-,12+,14-/m1/s1. The molecular formula is C14H25ClO. The van der Waals surface area contributed by atoms with Gasteiger partial charge in [0.1, 0.15) is 0 Å². The highest BCUT2D eigenvalue weighted by Crippen LogP contribution is 2.57. The van der Waals surface area contributed by atoms with Crippen LogP contribution in [-0.4, -0.2) is 16.1 Å². The molecule has 1 N–H and O–H groups in total. The second-order valence-corrected chi connectivity index (χ2v) is 7.49. The van der Waals surface area contributed by atoms with E-state index < -0.39 is 5.60 Å². The fraction of sp³-hybridized carbons (Fsp3) is 1.00. The summed E-state index contributed by atoms with van der Waals surface area (Å²) in [7, 11) is 0. The van der Waals surface area contributed by atoms with Crippen LogP contribution in [0.25, 0.3) is 0 Å². The first-order valence-electron chi connectivity index (χ1n) is 6.64. The lowest BCUT2D eigenvalue weighted by Crippen LogP contribution is -2.60. The molecule has 0 aromatic heterocycles. The van der Waals surface area contributed by atoms with E-state index in [-0.39, 0.29) is 16.7 Å². The van der Waals surface area contributed by atoms with Crippen molar-refractivity contribution in [3.8, 4) is 0 Å². The third kappa shape index (κ3) is 1.80. The minimum atomic E-state index is -0.522. The summed E-state index contributed by atoms with van der Waals surface area (Å²) >= 11 is 6.45. The van der Waals surface area contributed by atoms with Crippen molar-refractivity contribution in [3.05, 3.63) is 0 Å². The van der Waals surface area contributed by atoms with Gasteiger partial charge in [-0.15, -0.1) is 11.6 Å². The van der Waals surface area contributed by atoms with Gasteiger partial charge in [0.2, 0.25) is 0 Å². The van der Waals surface area contributed by atoms with Gasteiger partial charge in [0.25, 0.3) is 0 Å². The van der Waals surface area contributed by atoms with Crippen molar-refractivity contribution in [2.24, 2.45) is 23.2 Å². The van der Waals surface area contributed by atoms with Gasteiger partial charge in [0, 0.05) is 11.3 Å². The number of hydrogen-bond acceptors (Lipinski definition) is 1. The minimum absolute atomic E-state index is 0.126. The van der Waals surface area contributed by atoms with Crippen LogP contribution in [-0.2, 0) is 0 Å². The van der Waals surface area contributed by atoms with Crippen LogP contribution in [0, 0.1) is 23.2 Å². The van der Waals surface area contributed by atoms with Crippen LogP contribution in [0.1, 0.15) is 53.4 Å². The molecule has 2 aliphatic rings. The minimum Gasteiger partial charge on any atom is -0.389 e. The lowest BCUT2D eigenvalue weighted by Gasteiger charge is -2.58. The van der Waals surface area contributed by atoms with Crippen LogP contribution >= 0.6 is 11.6 Å². The zero-order valence-electron chi connectivity index (χ0n) is 11.0. The molecule has 0 unspecified atom stereocenters. The molecular weight excluding hydrogens is 220 g/mol. The molecule has 0 amide bonds. The number of aliphatic hydroxyl groups is 1. The zero-order chi connectivity index (χ0) is 12.1. The lowest BCUT2D eigenvalue weighted by molar-refractivity contribution is -0.165. The maximum absolute atomic E-state index is 11.1. The van der Waals surface area contributed by atoms with Gasteiger partial charge in [-0.2, -0.15) is 0 Å². The first-order chi connectivity index (χ1) is 7.27. The molecule has 1 nitrogen and oxygen atoms in total. The Balaban J connectivity index is 2.33. The molecule has 16 heavy (non-hydrogen) atoms. The Morgan fingerprint density at radius 2 is 1.75 bits per heavy atom. The van der Waals surface area contributed by atoms with Crippen molar-refractivity contribution >= 4 is 11.6 Å². The largest absolute Gasteiger partial charge is 0.389 e. The van der Waals surface area contributed by atoms with Crippen molar-refractivity contribution in [3.63, 3.8) is 0 Å². The molecule has 0 radical (unpaired) electrons. The van der Waals surface area contributed by atoms with E-state index in [1.54, 1.807) is 0 Å². The summed E-state index contributed by atoms with van der Waals surface area (Å²) in [6.07, 6.45) is 4.40. The molecule has 5 atom stereocenters. The third-order valence-electron chi connectivity index (χ3n) is 5.22. The maximum Gasteiger partial charge on any atom is 0.0722 e. The molecule has 94 valence electrons. The van der Waals surface area contributed by atoms with Gasteiger partial charge in [0.15, 0.2) is 0 Å². The number of hydrogen-bond donors (Lipinski definition) is 1. The lowest BCUT2D eigenvalue weighted by atomic mass is 9.52.